The maximum absolute atomic E-state index is 12.2. The fourth-order valence-corrected chi connectivity index (χ4v) is 3.43. The summed E-state index contributed by atoms with van der Waals surface area (Å²) in [4.78, 5) is 14.5. The van der Waals surface area contributed by atoms with Gasteiger partial charge in [0.25, 0.3) is 0 Å². The molecule has 1 aromatic carbocycles. The van der Waals surface area contributed by atoms with E-state index in [-0.39, 0.29) is 5.91 Å². The Labute approximate surface area is 158 Å². The average Bonchev–Trinajstić information content (AvgIpc) is 3.37. The third-order valence-corrected chi connectivity index (χ3v) is 4.94. The van der Waals surface area contributed by atoms with Gasteiger partial charge in [0.05, 0.1) is 19.7 Å². The molecule has 1 amide bonds. The van der Waals surface area contributed by atoms with E-state index in [1.54, 1.807) is 11.3 Å². The Hall–Kier alpha value is -2.05. The van der Waals surface area contributed by atoms with Crippen LogP contribution in [0.2, 0.25) is 0 Å². The van der Waals surface area contributed by atoms with E-state index in [0.717, 1.165) is 18.0 Å². The van der Waals surface area contributed by atoms with Crippen LogP contribution in [0.3, 0.4) is 0 Å². The highest BCUT2D eigenvalue weighted by atomic mass is 32.1. The Morgan fingerprint density at radius 3 is 2.54 bits per heavy atom. The maximum atomic E-state index is 12.2. The number of carbonyl (C=O) groups excluding carboxylic acids is 1. The molecule has 1 heterocycles. The van der Waals surface area contributed by atoms with Crippen molar-refractivity contribution in [3.63, 3.8) is 0 Å². The van der Waals surface area contributed by atoms with E-state index in [2.05, 4.69) is 27.0 Å². The fourth-order valence-electron chi connectivity index (χ4n) is 2.77. The molecule has 0 bridgehead atoms. The van der Waals surface area contributed by atoms with Gasteiger partial charge in [-0.1, -0.05) is 0 Å². The lowest BCUT2D eigenvalue weighted by atomic mass is 10.3. The van der Waals surface area contributed by atoms with Crippen molar-refractivity contribution in [3.05, 3.63) is 46.7 Å². The molecule has 0 radical (unpaired) electrons. The van der Waals surface area contributed by atoms with Crippen molar-refractivity contribution in [1.29, 1.82) is 0 Å². The zero-order valence-corrected chi connectivity index (χ0v) is 16.0. The third kappa shape index (κ3) is 6.04. The maximum Gasteiger partial charge on any atom is 0.234 e. The molecule has 26 heavy (non-hydrogen) atoms. The summed E-state index contributed by atoms with van der Waals surface area (Å²) < 4.78 is 11.1. The standard InChI is InChI=1S/C20H26N2O3S/c1-2-24-18-5-7-19(8-6-18)25-11-10-21-20(23)14-22(17-3-4-17)13-16-9-12-26-15-16/h5-9,12,15,17H,2-4,10-11,13-14H2,1H3,(H,21,23). The Kier molecular flexibility index (Phi) is 6.91. The van der Waals surface area contributed by atoms with E-state index in [1.165, 1.54) is 18.4 Å². The average molecular weight is 375 g/mol. The van der Waals surface area contributed by atoms with Gasteiger partial charge in [-0.3, -0.25) is 9.69 Å². The monoisotopic (exact) mass is 374 g/mol. The van der Waals surface area contributed by atoms with E-state index < -0.39 is 0 Å². The van der Waals surface area contributed by atoms with Crippen LogP contribution in [-0.4, -0.2) is 43.2 Å². The van der Waals surface area contributed by atoms with Crippen LogP contribution in [0.25, 0.3) is 0 Å². The SMILES string of the molecule is CCOc1ccc(OCCNC(=O)CN(Cc2ccsc2)C2CC2)cc1. The topological polar surface area (TPSA) is 50.8 Å². The lowest BCUT2D eigenvalue weighted by Crippen LogP contribution is -2.39. The molecule has 1 fully saturated rings. The molecule has 1 aliphatic carbocycles. The number of nitrogens with zero attached hydrogens (tertiary/aromatic N) is 1. The number of rotatable bonds is 11. The first-order valence-corrected chi connectivity index (χ1v) is 10.1. The minimum absolute atomic E-state index is 0.0578. The molecular weight excluding hydrogens is 348 g/mol. The van der Waals surface area contributed by atoms with E-state index in [1.807, 2.05) is 31.2 Å². The molecule has 1 saturated carbocycles. The Balaban J connectivity index is 1.35. The summed E-state index contributed by atoms with van der Waals surface area (Å²) in [5.74, 6) is 1.67. The lowest BCUT2D eigenvalue weighted by molar-refractivity contribution is -0.122. The Morgan fingerprint density at radius 2 is 1.92 bits per heavy atom. The minimum Gasteiger partial charge on any atom is -0.494 e. The van der Waals surface area contributed by atoms with Crippen LogP contribution in [0.1, 0.15) is 25.3 Å². The van der Waals surface area contributed by atoms with Crippen molar-refractivity contribution in [2.24, 2.45) is 0 Å². The summed E-state index contributed by atoms with van der Waals surface area (Å²) in [5.41, 5.74) is 1.29. The van der Waals surface area contributed by atoms with Crippen LogP contribution in [0.4, 0.5) is 0 Å². The predicted molar refractivity (Wildman–Crippen MR) is 104 cm³/mol. The quantitative estimate of drug-likeness (QED) is 0.613. The summed E-state index contributed by atoms with van der Waals surface area (Å²) in [6.07, 6.45) is 2.39. The first-order chi connectivity index (χ1) is 12.7. The summed E-state index contributed by atoms with van der Waals surface area (Å²) in [7, 11) is 0. The Morgan fingerprint density at radius 1 is 1.19 bits per heavy atom. The number of thiophene rings is 1. The number of carbonyl (C=O) groups is 1. The minimum atomic E-state index is 0.0578. The summed E-state index contributed by atoms with van der Waals surface area (Å²) in [6, 6.07) is 10.2. The van der Waals surface area contributed by atoms with Crippen LogP contribution >= 0.6 is 11.3 Å². The molecule has 3 rings (SSSR count). The number of hydrogen-bond donors (Lipinski definition) is 1. The van der Waals surface area contributed by atoms with E-state index in [9.17, 15) is 4.79 Å². The molecular formula is C20H26N2O3S. The van der Waals surface area contributed by atoms with Crippen molar-refractivity contribution in [1.82, 2.24) is 10.2 Å². The molecule has 0 unspecified atom stereocenters. The number of hydrogen-bond acceptors (Lipinski definition) is 5. The lowest BCUT2D eigenvalue weighted by Gasteiger charge is -2.20. The van der Waals surface area contributed by atoms with E-state index in [0.29, 0.717) is 32.3 Å². The molecule has 1 aromatic heterocycles. The highest BCUT2D eigenvalue weighted by Crippen LogP contribution is 2.28. The second kappa shape index (κ2) is 9.59. The summed E-state index contributed by atoms with van der Waals surface area (Å²) in [5, 5.41) is 7.18. The Bertz CT molecular complexity index is 669. The summed E-state index contributed by atoms with van der Waals surface area (Å²) >= 11 is 1.70. The molecule has 1 aliphatic rings. The van der Waals surface area contributed by atoms with Crippen LogP contribution in [0, 0.1) is 0 Å². The van der Waals surface area contributed by atoms with Crippen LogP contribution in [-0.2, 0) is 11.3 Å². The van der Waals surface area contributed by atoms with Gasteiger partial charge in [0.15, 0.2) is 0 Å². The molecule has 1 N–H and O–H groups in total. The zero-order valence-electron chi connectivity index (χ0n) is 15.1. The van der Waals surface area contributed by atoms with Gasteiger partial charge in [-0.05, 0) is 66.4 Å². The van der Waals surface area contributed by atoms with Crippen molar-refractivity contribution in [3.8, 4) is 11.5 Å². The fraction of sp³-hybridized carbons (Fsp3) is 0.450. The molecule has 0 saturated heterocycles. The van der Waals surface area contributed by atoms with Gasteiger partial charge in [-0.25, -0.2) is 0 Å². The smallest absolute Gasteiger partial charge is 0.234 e. The largest absolute Gasteiger partial charge is 0.494 e. The van der Waals surface area contributed by atoms with Crippen molar-refractivity contribution in [2.45, 2.75) is 32.4 Å². The van der Waals surface area contributed by atoms with Crippen LogP contribution in [0.5, 0.6) is 11.5 Å². The first kappa shape index (κ1) is 18.7. The van der Waals surface area contributed by atoms with Gasteiger partial charge >= 0.3 is 0 Å². The number of nitrogens with one attached hydrogen (secondary N) is 1. The predicted octanol–water partition coefficient (Wildman–Crippen LogP) is 3.31. The van der Waals surface area contributed by atoms with Crippen molar-refractivity contribution >= 4 is 17.2 Å². The number of ether oxygens (including phenoxy) is 2. The van der Waals surface area contributed by atoms with Gasteiger partial charge in [0, 0.05) is 12.6 Å². The highest BCUT2D eigenvalue weighted by molar-refractivity contribution is 7.07. The van der Waals surface area contributed by atoms with E-state index in [4.69, 9.17) is 9.47 Å². The molecule has 0 atom stereocenters. The van der Waals surface area contributed by atoms with Crippen LogP contribution < -0.4 is 14.8 Å². The van der Waals surface area contributed by atoms with Gasteiger partial charge in [0.1, 0.15) is 18.1 Å². The highest BCUT2D eigenvalue weighted by Gasteiger charge is 2.30. The zero-order chi connectivity index (χ0) is 18.2. The van der Waals surface area contributed by atoms with Crippen molar-refractivity contribution < 1.29 is 14.3 Å². The first-order valence-electron chi connectivity index (χ1n) is 9.12. The number of benzene rings is 1. The van der Waals surface area contributed by atoms with Crippen molar-refractivity contribution in [2.75, 3.05) is 26.3 Å². The molecule has 2 aromatic rings. The van der Waals surface area contributed by atoms with Crippen LogP contribution in [0.15, 0.2) is 41.1 Å². The van der Waals surface area contributed by atoms with Gasteiger partial charge in [-0.15, -0.1) is 0 Å². The molecule has 0 aliphatic heterocycles. The second-order valence-electron chi connectivity index (χ2n) is 6.37. The third-order valence-electron chi connectivity index (χ3n) is 4.20. The molecule has 140 valence electrons. The molecule has 6 heteroatoms. The van der Waals surface area contributed by atoms with Gasteiger partial charge < -0.3 is 14.8 Å². The number of amides is 1. The summed E-state index contributed by atoms with van der Waals surface area (Å²) in [6.45, 7) is 4.86. The van der Waals surface area contributed by atoms with Gasteiger partial charge in [-0.2, -0.15) is 11.3 Å². The van der Waals surface area contributed by atoms with Gasteiger partial charge in [0.2, 0.25) is 5.91 Å². The molecule has 5 nitrogen and oxygen atoms in total. The second-order valence-corrected chi connectivity index (χ2v) is 7.15. The normalized spacial score (nSPS) is 13.6. The van der Waals surface area contributed by atoms with E-state index >= 15 is 0 Å². The molecule has 0 spiro atoms.